The van der Waals surface area contributed by atoms with E-state index in [1.54, 1.807) is 0 Å². The van der Waals surface area contributed by atoms with Gasteiger partial charge in [0.25, 0.3) is 0 Å². The average molecular weight is 246 g/mol. The maximum atomic E-state index is 6.25. The molecule has 1 fully saturated rings. The van der Waals surface area contributed by atoms with Gasteiger partial charge in [-0.1, -0.05) is 42.3 Å². The van der Waals surface area contributed by atoms with Crippen LogP contribution < -0.4 is 5.73 Å². The molecule has 0 aliphatic heterocycles. The lowest BCUT2D eigenvalue weighted by Crippen LogP contribution is -2.41. The lowest BCUT2D eigenvalue weighted by atomic mass is 9.64. The molecule has 2 aromatic rings. The van der Waals surface area contributed by atoms with E-state index in [1.165, 1.54) is 30.2 Å². The number of benzene rings is 2. The Hall–Kier alpha value is -1.05. The standard InChI is InChI=1S/C15H16ClN/c16-14-4-1-3-11-5-6-12(9-13(11)14)15(10-17)7-2-8-15/h1,3-6,9H,2,7-8,10,17H2. The van der Waals surface area contributed by atoms with E-state index < -0.39 is 0 Å². The number of halogens is 1. The van der Waals surface area contributed by atoms with Crippen LogP contribution in [0.15, 0.2) is 36.4 Å². The minimum absolute atomic E-state index is 0.216. The highest BCUT2D eigenvalue weighted by atomic mass is 35.5. The van der Waals surface area contributed by atoms with E-state index in [0.29, 0.717) is 0 Å². The molecule has 88 valence electrons. The number of nitrogens with two attached hydrogens (primary N) is 1. The molecule has 0 radical (unpaired) electrons. The van der Waals surface area contributed by atoms with Crippen LogP contribution in [0.25, 0.3) is 10.8 Å². The molecule has 1 nitrogen and oxygen atoms in total. The molecule has 0 spiro atoms. The van der Waals surface area contributed by atoms with E-state index in [1.807, 2.05) is 12.1 Å². The van der Waals surface area contributed by atoms with Gasteiger partial charge in [0.2, 0.25) is 0 Å². The summed E-state index contributed by atoms with van der Waals surface area (Å²) in [6, 6.07) is 12.6. The Balaban J connectivity index is 2.16. The Bertz CT molecular complexity index is 552. The number of hydrogen-bond donors (Lipinski definition) is 1. The van der Waals surface area contributed by atoms with Gasteiger partial charge >= 0.3 is 0 Å². The molecule has 2 aromatic carbocycles. The molecule has 0 unspecified atom stereocenters. The summed E-state index contributed by atoms with van der Waals surface area (Å²) >= 11 is 6.25. The molecule has 0 amide bonds. The van der Waals surface area contributed by atoms with Crippen LogP contribution in [0.4, 0.5) is 0 Å². The number of rotatable bonds is 2. The van der Waals surface area contributed by atoms with Gasteiger partial charge in [0.05, 0.1) is 0 Å². The fourth-order valence-electron chi connectivity index (χ4n) is 2.78. The minimum atomic E-state index is 0.216. The van der Waals surface area contributed by atoms with E-state index >= 15 is 0 Å². The predicted octanol–water partition coefficient (Wildman–Crippen LogP) is 3.87. The molecule has 0 aromatic heterocycles. The second kappa shape index (κ2) is 4.01. The van der Waals surface area contributed by atoms with Crippen molar-refractivity contribution in [3.8, 4) is 0 Å². The Morgan fingerprint density at radius 1 is 1.18 bits per heavy atom. The van der Waals surface area contributed by atoms with Crippen LogP contribution in [0.2, 0.25) is 5.02 Å². The van der Waals surface area contributed by atoms with Crippen molar-refractivity contribution in [1.29, 1.82) is 0 Å². The number of hydrogen-bond acceptors (Lipinski definition) is 1. The van der Waals surface area contributed by atoms with Crippen molar-refractivity contribution in [2.24, 2.45) is 5.73 Å². The van der Waals surface area contributed by atoms with Gasteiger partial charge in [-0.3, -0.25) is 0 Å². The average Bonchev–Trinajstić information content (AvgIpc) is 2.29. The highest BCUT2D eigenvalue weighted by Crippen LogP contribution is 2.43. The van der Waals surface area contributed by atoms with Crippen LogP contribution >= 0.6 is 11.6 Å². The van der Waals surface area contributed by atoms with Crippen molar-refractivity contribution in [2.75, 3.05) is 6.54 Å². The van der Waals surface area contributed by atoms with E-state index in [9.17, 15) is 0 Å². The third-order valence-electron chi connectivity index (χ3n) is 4.14. The Kier molecular flexibility index (Phi) is 2.61. The van der Waals surface area contributed by atoms with E-state index in [0.717, 1.165) is 17.0 Å². The Morgan fingerprint density at radius 2 is 2.00 bits per heavy atom. The molecular weight excluding hydrogens is 230 g/mol. The summed E-state index contributed by atoms with van der Waals surface area (Å²) < 4.78 is 0. The zero-order valence-corrected chi connectivity index (χ0v) is 10.5. The summed E-state index contributed by atoms with van der Waals surface area (Å²) in [6.45, 7) is 0.739. The van der Waals surface area contributed by atoms with Gasteiger partial charge in [-0.25, -0.2) is 0 Å². The van der Waals surface area contributed by atoms with Crippen LogP contribution in [0.5, 0.6) is 0 Å². The molecule has 17 heavy (non-hydrogen) atoms. The molecule has 0 bridgehead atoms. The molecular formula is C15H16ClN. The zero-order chi connectivity index (χ0) is 11.9. The van der Waals surface area contributed by atoms with Crippen LogP contribution in [0.3, 0.4) is 0 Å². The van der Waals surface area contributed by atoms with Crippen molar-refractivity contribution in [3.63, 3.8) is 0 Å². The summed E-state index contributed by atoms with van der Waals surface area (Å²) in [7, 11) is 0. The first kappa shape index (κ1) is 11.1. The Labute approximate surface area is 107 Å². The summed E-state index contributed by atoms with van der Waals surface area (Å²) in [5.41, 5.74) is 7.52. The summed E-state index contributed by atoms with van der Waals surface area (Å²) in [5.74, 6) is 0. The zero-order valence-electron chi connectivity index (χ0n) is 9.75. The van der Waals surface area contributed by atoms with Crippen molar-refractivity contribution in [1.82, 2.24) is 0 Å². The minimum Gasteiger partial charge on any atom is -0.330 e. The Morgan fingerprint density at radius 3 is 2.65 bits per heavy atom. The largest absolute Gasteiger partial charge is 0.330 e. The molecule has 1 aliphatic carbocycles. The highest BCUT2D eigenvalue weighted by Gasteiger charge is 2.37. The second-order valence-electron chi connectivity index (χ2n) is 5.01. The van der Waals surface area contributed by atoms with Crippen LogP contribution in [0.1, 0.15) is 24.8 Å². The fraction of sp³-hybridized carbons (Fsp3) is 0.333. The summed E-state index contributed by atoms with van der Waals surface area (Å²) in [6.07, 6.45) is 3.71. The molecule has 0 atom stereocenters. The maximum absolute atomic E-state index is 6.25. The van der Waals surface area contributed by atoms with E-state index in [4.69, 9.17) is 17.3 Å². The molecule has 1 saturated carbocycles. The summed E-state index contributed by atoms with van der Waals surface area (Å²) in [5, 5.41) is 3.18. The first-order chi connectivity index (χ1) is 8.25. The summed E-state index contributed by atoms with van der Waals surface area (Å²) in [4.78, 5) is 0. The lowest BCUT2D eigenvalue weighted by molar-refractivity contribution is 0.253. The SMILES string of the molecule is NCC1(c2ccc3cccc(Cl)c3c2)CCC1. The topological polar surface area (TPSA) is 26.0 Å². The van der Waals surface area contributed by atoms with Crippen LogP contribution in [0, 0.1) is 0 Å². The molecule has 0 saturated heterocycles. The van der Waals surface area contributed by atoms with Crippen molar-refractivity contribution >= 4 is 22.4 Å². The quantitative estimate of drug-likeness (QED) is 0.854. The first-order valence-electron chi connectivity index (χ1n) is 6.14. The van der Waals surface area contributed by atoms with E-state index in [2.05, 4.69) is 24.3 Å². The molecule has 1 aliphatic rings. The third-order valence-corrected chi connectivity index (χ3v) is 4.47. The highest BCUT2D eigenvalue weighted by molar-refractivity contribution is 6.35. The van der Waals surface area contributed by atoms with Gasteiger partial charge in [-0.15, -0.1) is 0 Å². The van der Waals surface area contributed by atoms with Gasteiger partial charge in [-0.2, -0.15) is 0 Å². The monoisotopic (exact) mass is 245 g/mol. The smallest absolute Gasteiger partial charge is 0.0484 e. The third kappa shape index (κ3) is 1.65. The predicted molar refractivity (Wildman–Crippen MR) is 73.5 cm³/mol. The van der Waals surface area contributed by atoms with Crippen LogP contribution in [-0.4, -0.2) is 6.54 Å². The van der Waals surface area contributed by atoms with Crippen LogP contribution in [-0.2, 0) is 5.41 Å². The van der Waals surface area contributed by atoms with Crippen molar-refractivity contribution in [3.05, 3.63) is 47.0 Å². The maximum Gasteiger partial charge on any atom is 0.0484 e. The first-order valence-corrected chi connectivity index (χ1v) is 6.52. The normalized spacial score (nSPS) is 18.0. The molecule has 2 N–H and O–H groups in total. The van der Waals surface area contributed by atoms with Gasteiger partial charge in [0, 0.05) is 22.4 Å². The second-order valence-corrected chi connectivity index (χ2v) is 5.42. The van der Waals surface area contributed by atoms with Gasteiger partial charge in [-0.05, 0) is 35.9 Å². The van der Waals surface area contributed by atoms with Crippen molar-refractivity contribution in [2.45, 2.75) is 24.7 Å². The molecule has 0 heterocycles. The lowest BCUT2D eigenvalue weighted by Gasteiger charge is -2.41. The van der Waals surface area contributed by atoms with Gasteiger partial charge in [0.15, 0.2) is 0 Å². The van der Waals surface area contributed by atoms with E-state index in [-0.39, 0.29) is 5.41 Å². The molecule has 2 heteroatoms. The van der Waals surface area contributed by atoms with Crippen molar-refractivity contribution < 1.29 is 0 Å². The fourth-order valence-corrected chi connectivity index (χ4v) is 3.01. The molecule has 3 rings (SSSR count). The van der Waals surface area contributed by atoms with Gasteiger partial charge < -0.3 is 5.73 Å². The number of fused-ring (bicyclic) bond motifs is 1. The van der Waals surface area contributed by atoms with Gasteiger partial charge in [0.1, 0.15) is 0 Å².